The number of carbonyl (C=O) groups excluding carboxylic acids is 2. The van der Waals surface area contributed by atoms with Gasteiger partial charge in [0.25, 0.3) is 0 Å². The first-order valence-electron chi connectivity index (χ1n) is 8.82. The fourth-order valence-electron chi connectivity index (χ4n) is 2.67. The van der Waals surface area contributed by atoms with Gasteiger partial charge in [-0.25, -0.2) is 4.79 Å². The van der Waals surface area contributed by atoms with Crippen molar-refractivity contribution in [1.29, 1.82) is 0 Å². The Bertz CT molecular complexity index is 740. The van der Waals surface area contributed by atoms with E-state index in [1.165, 1.54) is 31.3 Å². The van der Waals surface area contributed by atoms with Crippen LogP contribution >= 0.6 is 22.9 Å². The molecule has 0 radical (unpaired) electrons. The number of thiophene rings is 1. The molecule has 0 saturated heterocycles. The van der Waals surface area contributed by atoms with Gasteiger partial charge in [0.2, 0.25) is 5.91 Å². The van der Waals surface area contributed by atoms with E-state index >= 15 is 0 Å². The van der Waals surface area contributed by atoms with Crippen molar-refractivity contribution in [2.75, 3.05) is 12.4 Å². The van der Waals surface area contributed by atoms with Crippen LogP contribution in [0, 0.1) is 0 Å². The number of halogens is 1. The molecule has 0 unspecified atom stereocenters. The van der Waals surface area contributed by atoms with Crippen molar-refractivity contribution >= 4 is 39.8 Å². The number of esters is 1. The summed E-state index contributed by atoms with van der Waals surface area (Å²) in [6.07, 6.45) is 5.89. The van der Waals surface area contributed by atoms with Crippen molar-refractivity contribution < 1.29 is 14.3 Å². The summed E-state index contributed by atoms with van der Waals surface area (Å²) in [4.78, 5) is 24.5. The molecule has 0 atom stereocenters. The SMILES string of the molecule is CCCCCCCC(=O)Nc1scc(-c2ccc(Cl)cc2)c1C(=O)OC. The summed E-state index contributed by atoms with van der Waals surface area (Å²) in [5, 5.41) is 5.88. The maximum Gasteiger partial charge on any atom is 0.341 e. The number of carbonyl (C=O) groups is 2. The zero-order valence-electron chi connectivity index (χ0n) is 15.1. The van der Waals surface area contributed by atoms with Crippen LogP contribution in [0.15, 0.2) is 29.6 Å². The third-order valence-electron chi connectivity index (χ3n) is 4.10. The number of hydrogen-bond donors (Lipinski definition) is 1. The Balaban J connectivity index is 2.12. The third kappa shape index (κ3) is 5.58. The first-order chi connectivity index (χ1) is 12.6. The van der Waals surface area contributed by atoms with Gasteiger partial charge in [-0.2, -0.15) is 0 Å². The lowest BCUT2D eigenvalue weighted by Crippen LogP contribution is -2.13. The zero-order valence-corrected chi connectivity index (χ0v) is 16.7. The Morgan fingerprint density at radius 2 is 1.81 bits per heavy atom. The van der Waals surface area contributed by atoms with E-state index in [0.717, 1.165) is 30.4 Å². The van der Waals surface area contributed by atoms with Gasteiger partial charge in [-0.1, -0.05) is 56.3 Å². The second-order valence-electron chi connectivity index (χ2n) is 6.06. The first kappa shape index (κ1) is 20.5. The summed E-state index contributed by atoms with van der Waals surface area (Å²) in [5.41, 5.74) is 1.97. The van der Waals surface area contributed by atoms with Crippen LogP contribution in [0.2, 0.25) is 5.02 Å². The number of rotatable bonds is 9. The van der Waals surface area contributed by atoms with Gasteiger partial charge >= 0.3 is 5.97 Å². The summed E-state index contributed by atoms with van der Waals surface area (Å²) in [5.74, 6) is -0.536. The normalized spacial score (nSPS) is 10.6. The van der Waals surface area contributed by atoms with Crippen molar-refractivity contribution in [1.82, 2.24) is 0 Å². The Hall–Kier alpha value is -1.85. The number of amides is 1. The molecule has 2 aromatic rings. The molecule has 140 valence electrons. The number of ether oxygens (including phenoxy) is 1. The van der Waals surface area contributed by atoms with Gasteiger partial charge in [-0.15, -0.1) is 11.3 Å². The Labute approximate surface area is 163 Å². The number of anilines is 1. The molecular formula is C20H24ClNO3S. The molecule has 6 heteroatoms. The van der Waals surface area contributed by atoms with Crippen molar-refractivity contribution in [3.8, 4) is 11.1 Å². The summed E-state index contributed by atoms with van der Waals surface area (Å²) in [6.45, 7) is 2.16. The van der Waals surface area contributed by atoms with E-state index in [2.05, 4.69) is 12.2 Å². The van der Waals surface area contributed by atoms with Crippen LogP contribution in [0.3, 0.4) is 0 Å². The largest absolute Gasteiger partial charge is 0.465 e. The van der Waals surface area contributed by atoms with E-state index in [9.17, 15) is 9.59 Å². The third-order valence-corrected chi connectivity index (χ3v) is 5.24. The van der Waals surface area contributed by atoms with E-state index in [4.69, 9.17) is 16.3 Å². The number of benzene rings is 1. The molecule has 0 aliphatic carbocycles. The van der Waals surface area contributed by atoms with Crippen LogP contribution < -0.4 is 5.32 Å². The predicted molar refractivity (Wildman–Crippen MR) is 108 cm³/mol. The van der Waals surface area contributed by atoms with E-state index in [1.807, 2.05) is 17.5 Å². The lowest BCUT2D eigenvalue weighted by atomic mass is 10.0. The first-order valence-corrected chi connectivity index (χ1v) is 10.1. The molecule has 4 nitrogen and oxygen atoms in total. The van der Waals surface area contributed by atoms with Crippen LogP contribution in [0.5, 0.6) is 0 Å². The second kappa shape index (κ2) is 10.3. The van der Waals surface area contributed by atoms with E-state index < -0.39 is 5.97 Å². The molecule has 0 saturated carbocycles. The molecule has 0 fully saturated rings. The number of nitrogens with one attached hydrogen (secondary N) is 1. The van der Waals surface area contributed by atoms with Crippen molar-refractivity contribution in [3.05, 3.63) is 40.2 Å². The van der Waals surface area contributed by atoms with Crippen LogP contribution in [0.4, 0.5) is 5.00 Å². The Morgan fingerprint density at radius 1 is 1.12 bits per heavy atom. The monoisotopic (exact) mass is 393 g/mol. The summed E-state index contributed by atoms with van der Waals surface area (Å²) >= 11 is 7.27. The molecule has 1 N–H and O–H groups in total. The average molecular weight is 394 g/mol. The minimum Gasteiger partial charge on any atom is -0.465 e. The maximum absolute atomic E-state index is 12.3. The van der Waals surface area contributed by atoms with Gasteiger partial charge in [0.15, 0.2) is 0 Å². The maximum atomic E-state index is 12.3. The van der Waals surface area contributed by atoms with Crippen molar-refractivity contribution in [2.45, 2.75) is 45.4 Å². The lowest BCUT2D eigenvalue weighted by molar-refractivity contribution is -0.116. The van der Waals surface area contributed by atoms with Gasteiger partial charge in [0.1, 0.15) is 10.6 Å². The van der Waals surface area contributed by atoms with Crippen LogP contribution in [-0.4, -0.2) is 19.0 Å². The quantitative estimate of drug-likeness (QED) is 0.410. The number of unbranched alkanes of at least 4 members (excludes halogenated alkanes) is 4. The standard InChI is InChI=1S/C20H24ClNO3S/c1-3-4-5-6-7-8-17(23)22-19-18(20(24)25-2)16(13-26-19)14-9-11-15(21)12-10-14/h9-13H,3-8H2,1-2H3,(H,22,23). The highest BCUT2D eigenvalue weighted by atomic mass is 35.5. The molecular weight excluding hydrogens is 370 g/mol. The molecule has 2 rings (SSSR count). The fourth-order valence-corrected chi connectivity index (χ4v) is 3.77. The second-order valence-corrected chi connectivity index (χ2v) is 7.38. The van der Waals surface area contributed by atoms with E-state index in [0.29, 0.717) is 22.0 Å². The molecule has 0 aliphatic heterocycles. The van der Waals surface area contributed by atoms with Crippen LogP contribution in [0.1, 0.15) is 55.8 Å². The summed E-state index contributed by atoms with van der Waals surface area (Å²) in [6, 6.07) is 7.22. The van der Waals surface area contributed by atoms with Crippen molar-refractivity contribution in [3.63, 3.8) is 0 Å². The fraction of sp³-hybridized carbons (Fsp3) is 0.400. The molecule has 26 heavy (non-hydrogen) atoms. The Kier molecular flexibility index (Phi) is 8.13. The van der Waals surface area contributed by atoms with E-state index in [1.54, 1.807) is 12.1 Å². The summed E-state index contributed by atoms with van der Waals surface area (Å²) < 4.78 is 4.92. The van der Waals surface area contributed by atoms with Crippen LogP contribution in [0.25, 0.3) is 11.1 Å². The minimum atomic E-state index is -0.463. The van der Waals surface area contributed by atoms with Gasteiger partial charge in [0.05, 0.1) is 7.11 Å². The number of hydrogen-bond acceptors (Lipinski definition) is 4. The highest BCUT2D eigenvalue weighted by molar-refractivity contribution is 7.15. The predicted octanol–water partition coefficient (Wildman–Crippen LogP) is 6.15. The van der Waals surface area contributed by atoms with Gasteiger partial charge in [-0.05, 0) is 24.1 Å². The molecule has 0 bridgehead atoms. The average Bonchev–Trinajstić information content (AvgIpc) is 3.05. The number of methoxy groups -OCH3 is 1. The Morgan fingerprint density at radius 3 is 2.46 bits per heavy atom. The van der Waals surface area contributed by atoms with Gasteiger partial charge < -0.3 is 10.1 Å². The molecule has 1 aromatic carbocycles. The summed E-state index contributed by atoms with van der Waals surface area (Å²) in [7, 11) is 1.34. The highest BCUT2D eigenvalue weighted by Crippen LogP contribution is 2.36. The molecule has 1 amide bonds. The lowest BCUT2D eigenvalue weighted by Gasteiger charge is -2.08. The van der Waals surface area contributed by atoms with Crippen LogP contribution in [-0.2, 0) is 9.53 Å². The zero-order chi connectivity index (χ0) is 18.9. The van der Waals surface area contributed by atoms with Crippen molar-refractivity contribution in [2.24, 2.45) is 0 Å². The molecule has 0 aliphatic rings. The molecule has 1 heterocycles. The topological polar surface area (TPSA) is 55.4 Å². The van der Waals surface area contributed by atoms with Gasteiger partial charge in [0, 0.05) is 22.4 Å². The smallest absolute Gasteiger partial charge is 0.341 e. The minimum absolute atomic E-state index is 0.0730. The molecule has 0 spiro atoms. The van der Waals surface area contributed by atoms with Gasteiger partial charge in [-0.3, -0.25) is 4.79 Å². The highest BCUT2D eigenvalue weighted by Gasteiger charge is 2.22. The molecule has 1 aromatic heterocycles. The van der Waals surface area contributed by atoms with E-state index in [-0.39, 0.29) is 5.91 Å².